The molecular weight excluding hydrogens is 532 g/mol. The molecule has 3 rings (SSSR count). The molecule has 0 aliphatic rings. The molecule has 11 heteroatoms. The Morgan fingerprint density at radius 3 is 2.25 bits per heavy atom. The van der Waals surface area contributed by atoms with Gasteiger partial charge >= 0.3 is 0 Å². The van der Waals surface area contributed by atoms with Gasteiger partial charge in [0.2, 0.25) is 0 Å². The Labute approximate surface area is 174 Å². The summed E-state index contributed by atoms with van der Waals surface area (Å²) in [5.74, 6) is -2.28. The van der Waals surface area contributed by atoms with E-state index in [1.165, 1.54) is 0 Å². The van der Waals surface area contributed by atoms with Crippen LogP contribution in [0, 0.1) is 11.6 Å². The third kappa shape index (κ3) is 4.01. The lowest BCUT2D eigenvalue weighted by Gasteiger charge is -2.11. The summed E-state index contributed by atoms with van der Waals surface area (Å²) < 4.78 is 80.8. The first-order valence-corrected chi connectivity index (χ1v) is 11.0. The van der Waals surface area contributed by atoms with Crippen LogP contribution in [-0.4, -0.2) is 24.5 Å². The van der Waals surface area contributed by atoms with Gasteiger partial charge in [-0.2, -0.15) is 5.10 Å². The first-order valence-electron chi connectivity index (χ1n) is 7.52. The van der Waals surface area contributed by atoms with Gasteiger partial charge in [-0.1, -0.05) is 0 Å². The van der Waals surface area contributed by atoms with E-state index in [0.29, 0.717) is 26.8 Å². The highest BCUT2D eigenvalue weighted by Gasteiger charge is 2.23. The molecule has 0 saturated heterocycles. The molecule has 0 atom stereocenters. The van der Waals surface area contributed by atoms with Gasteiger partial charge in [0.25, 0.3) is 6.43 Å². The molecule has 0 fully saturated rings. The van der Waals surface area contributed by atoms with Gasteiger partial charge in [0.15, 0.2) is 9.84 Å². The second-order valence-corrected chi connectivity index (χ2v) is 9.49. The van der Waals surface area contributed by atoms with Crippen molar-refractivity contribution >= 4 is 41.7 Å². The van der Waals surface area contributed by atoms with E-state index in [4.69, 9.17) is 0 Å². The second-order valence-electron chi connectivity index (χ2n) is 5.80. The molecule has 3 aromatic rings. The Morgan fingerprint density at radius 1 is 1.00 bits per heavy atom. The lowest BCUT2D eigenvalue weighted by Crippen LogP contribution is -2.05. The van der Waals surface area contributed by atoms with Crippen LogP contribution in [0.3, 0.4) is 0 Å². The number of rotatable bonds is 4. The summed E-state index contributed by atoms with van der Waals surface area (Å²) >= 11 is 6.56. The lowest BCUT2D eigenvalue weighted by atomic mass is 10.1. The smallest absolute Gasteiger partial charge is 0.232 e. The fourth-order valence-electron chi connectivity index (χ4n) is 2.52. The van der Waals surface area contributed by atoms with E-state index in [2.05, 4.69) is 37.0 Å². The lowest BCUT2D eigenvalue weighted by molar-refractivity contribution is 0.145. The Hall–Kier alpha value is -1.72. The van der Waals surface area contributed by atoms with Crippen LogP contribution >= 0.6 is 31.9 Å². The molecule has 0 saturated carbocycles. The first-order chi connectivity index (χ1) is 13.0. The van der Waals surface area contributed by atoms with Crippen LogP contribution in [0.25, 0.3) is 16.9 Å². The maximum Gasteiger partial charge on any atom is 0.282 e. The molecule has 2 aromatic carbocycles. The number of alkyl halides is 2. The fraction of sp³-hybridized carbons (Fsp3) is 0.118. The van der Waals surface area contributed by atoms with Gasteiger partial charge in [-0.15, -0.1) is 0 Å². The molecule has 28 heavy (non-hydrogen) atoms. The first kappa shape index (κ1) is 21.0. The zero-order chi connectivity index (χ0) is 20.8. The Balaban J connectivity index is 2.27. The van der Waals surface area contributed by atoms with Crippen molar-refractivity contribution in [3.63, 3.8) is 0 Å². The van der Waals surface area contributed by atoms with Crippen LogP contribution in [0.4, 0.5) is 17.6 Å². The normalized spacial score (nSPS) is 12.0. The number of sulfone groups is 1. The number of aromatic nitrogens is 2. The topological polar surface area (TPSA) is 52.0 Å². The van der Waals surface area contributed by atoms with Gasteiger partial charge in [-0.25, -0.2) is 30.7 Å². The number of halogens is 6. The maximum absolute atomic E-state index is 14.6. The number of benzene rings is 2. The number of hydrogen-bond donors (Lipinski definition) is 0. The monoisotopic (exact) mass is 540 g/mol. The molecule has 0 aliphatic heterocycles. The summed E-state index contributed by atoms with van der Waals surface area (Å²) in [6, 6.07) is 6.82. The van der Waals surface area contributed by atoms with Crippen molar-refractivity contribution < 1.29 is 26.0 Å². The molecule has 0 aliphatic carbocycles. The van der Waals surface area contributed by atoms with Crippen LogP contribution in [0.15, 0.2) is 50.2 Å². The molecule has 1 aromatic heterocycles. The maximum atomic E-state index is 14.6. The minimum absolute atomic E-state index is 0.152. The second kappa shape index (κ2) is 7.60. The van der Waals surface area contributed by atoms with E-state index in [1.54, 1.807) is 18.2 Å². The predicted molar refractivity (Wildman–Crippen MR) is 102 cm³/mol. The van der Waals surface area contributed by atoms with Crippen LogP contribution in [0.2, 0.25) is 0 Å². The highest BCUT2D eigenvalue weighted by atomic mass is 79.9. The highest BCUT2D eigenvalue weighted by Crippen LogP contribution is 2.33. The van der Waals surface area contributed by atoms with Crippen molar-refractivity contribution in [3.8, 4) is 16.9 Å². The third-order valence-corrected chi connectivity index (χ3v) is 6.79. The Morgan fingerprint density at radius 2 is 1.68 bits per heavy atom. The van der Waals surface area contributed by atoms with Crippen LogP contribution < -0.4 is 0 Å². The Kier molecular flexibility index (Phi) is 5.70. The van der Waals surface area contributed by atoms with Crippen LogP contribution in [0.5, 0.6) is 0 Å². The van der Waals surface area contributed by atoms with Crippen molar-refractivity contribution in [2.45, 2.75) is 11.3 Å². The minimum Gasteiger partial charge on any atom is -0.232 e. The van der Waals surface area contributed by atoms with E-state index in [9.17, 15) is 26.0 Å². The molecular formula is C17H10Br2F4N2O2S. The summed E-state index contributed by atoms with van der Waals surface area (Å²) in [6.07, 6.45) is -2.20. The van der Waals surface area contributed by atoms with Gasteiger partial charge < -0.3 is 0 Å². The minimum atomic E-state index is -4.00. The predicted octanol–water partition coefficient (Wildman–Crippen LogP) is 5.68. The zero-order valence-electron chi connectivity index (χ0n) is 13.9. The standard InChI is InChI=1S/C17H10Br2F4N2O2S/c1-28(26,27)16-6-12(20)9(5-13(16)21)15-7-14(17(22)23)24-25(15)8-2-3-10(18)11(19)4-8/h2-7,17H,1H3. The van der Waals surface area contributed by atoms with Crippen molar-refractivity contribution in [1.29, 1.82) is 0 Å². The van der Waals surface area contributed by atoms with E-state index < -0.39 is 44.1 Å². The Bertz CT molecular complexity index is 1180. The van der Waals surface area contributed by atoms with Gasteiger partial charge in [0, 0.05) is 20.8 Å². The van der Waals surface area contributed by atoms with Crippen molar-refractivity contribution in [1.82, 2.24) is 9.78 Å². The molecule has 4 nitrogen and oxygen atoms in total. The largest absolute Gasteiger partial charge is 0.282 e. The summed E-state index contributed by atoms with van der Waals surface area (Å²) in [4.78, 5) is -0.819. The molecule has 148 valence electrons. The van der Waals surface area contributed by atoms with Crippen molar-refractivity contribution in [2.24, 2.45) is 0 Å². The number of hydrogen-bond acceptors (Lipinski definition) is 3. The fourth-order valence-corrected chi connectivity index (χ4v) is 3.86. The van der Waals surface area contributed by atoms with Gasteiger partial charge in [0.1, 0.15) is 22.2 Å². The van der Waals surface area contributed by atoms with Gasteiger partial charge in [-0.05, 0) is 68.3 Å². The molecule has 0 N–H and O–H groups in total. The summed E-state index contributed by atoms with van der Waals surface area (Å²) in [7, 11) is -4.00. The number of nitrogens with zero attached hydrogens (tertiary/aromatic N) is 2. The molecule has 0 amide bonds. The van der Waals surface area contributed by atoms with Crippen LogP contribution in [0.1, 0.15) is 12.1 Å². The molecule has 0 radical (unpaired) electrons. The van der Waals surface area contributed by atoms with Gasteiger partial charge in [0.05, 0.1) is 11.4 Å². The summed E-state index contributed by atoms with van der Waals surface area (Å²) in [5, 5.41) is 3.79. The third-order valence-electron chi connectivity index (χ3n) is 3.80. The average Bonchev–Trinajstić information content (AvgIpc) is 3.03. The van der Waals surface area contributed by atoms with Gasteiger partial charge in [-0.3, -0.25) is 0 Å². The molecule has 0 unspecified atom stereocenters. The quantitative estimate of drug-likeness (QED) is 0.399. The molecule has 0 bridgehead atoms. The van der Waals surface area contributed by atoms with E-state index >= 15 is 0 Å². The summed E-state index contributed by atoms with van der Waals surface area (Å²) in [6.45, 7) is 0. The molecule has 0 spiro atoms. The zero-order valence-corrected chi connectivity index (χ0v) is 17.9. The molecule has 1 heterocycles. The average molecular weight is 542 g/mol. The van der Waals surface area contributed by atoms with E-state index in [-0.39, 0.29) is 5.69 Å². The SMILES string of the molecule is CS(=O)(=O)c1cc(F)c(-c2cc(C(F)F)nn2-c2ccc(Br)c(Br)c2)cc1F. The van der Waals surface area contributed by atoms with E-state index in [1.807, 2.05) is 0 Å². The van der Waals surface area contributed by atoms with E-state index in [0.717, 1.165) is 17.0 Å². The van der Waals surface area contributed by atoms with Crippen molar-refractivity contribution in [2.75, 3.05) is 6.26 Å². The van der Waals surface area contributed by atoms with Crippen molar-refractivity contribution in [3.05, 3.63) is 62.7 Å². The van der Waals surface area contributed by atoms with Crippen LogP contribution in [-0.2, 0) is 9.84 Å². The summed E-state index contributed by atoms with van der Waals surface area (Å²) in [5.41, 5.74) is -0.880. The highest BCUT2D eigenvalue weighted by molar-refractivity contribution is 9.13.